The van der Waals surface area contributed by atoms with Gasteiger partial charge >= 0.3 is 0 Å². The molecule has 0 aromatic heterocycles. The molecule has 4 nitrogen and oxygen atoms in total. The number of fused-ring (bicyclic) bond motifs is 2. The molecule has 1 aliphatic carbocycles. The van der Waals surface area contributed by atoms with E-state index in [1.54, 1.807) is 24.3 Å². The highest BCUT2D eigenvalue weighted by molar-refractivity contribution is 6.18. The Bertz CT molecular complexity index is 982. The lowest BCUT2D eigenvalue weighted by atomic mass is 9.74. The number of Topliss-reactive ketones (excluding diaryl/α,β-unsaturated/α-hetero) is 1. The molecule has 0 saturated carbocycles. The highest BCUT2D eigenvalue weighted by atomic mass is 16.3. The Hall–Kier alpha value is -3.40. The predicted octanol–water partition coefficient (Wildman–Crippen LogP) is 3.98. The Morgan fingerprint density at radius 3 is 1.89 bits per heavy atom. The quantitative estimate of drug-likeness (QED) is 0.740. The van der Waals surface area contributed by atoms with Crippen LogP contribution >= 0.6 is 0 Å². The summed E-state index contributed by atoms with van der Waals surface area (Å²) < 4.78 is 0. The molecule has 0 radical (unpaired) electrons. The lowest BCUT2D eigenvalue weighted by Gasteiger charge is -2.27. The van der Waals surface area contributed by atoms with Crippen molar-refractivity contribution in [1.29, 1.82) is 0 Å². The molecule has 0 fully saturated rings. The number of hydrogen-bond acceptors (Lipinski definition) is 4. The van der Waals surface area contributed by atoms with Crippen LogP contribution in [0.15, 0.2) is 66.7 Å². The predicted molar refractivity (Wildman–Crippen MR) is 101 cm³/mol. The standard InChI is InChI=1S/C23H18O4/c24-17-10-4-8-15-20(19(26)13-12-14-6-2-1-3-7-14)16-9-5-11-18(25)22(16)23(27)21(15)17/h1-11,20,24-25H,12-13H2. The van der Waals surface area contributed by atoms with E-state index in [-0.39, 0.29) is 28.4 Å². The van der Waals surface area contributed by atoms with Crippen LogP contribution in [-0.2, 0) is 11.2 Å². The minimum absolute atomic E-state index is 0.0509. The number of ketones is 2. The molecule has 2 N–H and O–H groups in total. The third-order valence-corrected chi connectivity index (χ3v) is 5.05. The number of aryl methyl sites for hydroxylation is 1. The topological polar surface area (TPSA) is 74.6 Å². The Kier molecular flexibility index (Phi) is 4.24. The SMILES string of the molecule is O=C1c2c(O)cccc2C(C(=O)CCc2ccccc2)c2cccc(O)c21. The summed E-state index contributed by atoms with van der Waals surface area (Å²) in [6, 6.07) is 19.2. The second-order valence-corrected chi connectivity index (χ2v) is 6.70. The monoisotopic (exact) mass is 358 g/mol. The third-order valence-electron chi connectivity index (χ3n) is 5.05. The van der Waals surface area contributed by atoms with E-state index in [0.717, 1.165) is 5.56 Å². The highest BCUT2D eigenvalue weighted by Crippen LogP contribution is 2.43. The molecule has 4 heteroatoms. The Labute approximate surface area is 156 Å². The zero-order valence-electron chi connectivity index (χ0n) is 14.6. The summed E-state index contributed by atoms with van der Waals surface area (Å²) >= 11 is 0. The van der Waals surface area contributed by atoms with Crippen LogP contribution in [-0.4, -0.2) is 21.8 Å². The van der Waals surface area contributed by atoms with Gasteiger partial charge in [0.25, 0.3) is 0 Å². The van der Waals surface area contributed by atoms with Crippen molar-refractivity contribution >= 4 is 11.6 Å². The van der Waals surface area contributed by atoms with Crippen molar-refractivity contribution in [3.05, 3.63) is 94.5 Å². The molecular weight excluding hydrogens is 340 g/mol. The van der Waals surface area contributed by atoms with Gasteiger partial charge in [0.05, 0.1) is 17.0 Å². The first kappa shape index (κ1) is 17.0. The molecule has 0 spiro atoms. The van der Waals surface area contributed by atoms with E-state index >= 15 is 0 Å². The van der Waals surface area contributed by atoms with Gasteiger partial charge in [-0.1, -0.05) is 54.6 Å². The van der Waals surface area contributed by atoms with Crippen molar-refractivity contribution in [3.63, 3.8) is 0 Å². The number of aromatic hydroxyl groups is 2. The van der Waals surface area contributed by atoms with Crippen molar-refractivity contribution in [2.75, 3.05) is 0 Å². The molecule has 3 aromatic rings. The molecule has 0 atom stereocenters. The van der Waals surface area contributed by atoms with E-state index in [4.69, 9.17) is 0 Å². The minimum Gasteiger partial charge on any atom is -0.507 e. The van der Waals surface area contributed by atoms with Crippen LogP contribution in [0.2, 0.25) is 0 Å². The fourth-order valence-corrected chi connectivity index (χ4v) is 3.79. The van der Waals surface area contributed by atoms with E-state index in [2.05, 4.69) is 0 Å². The van der Waals surface area contributed by atoms with Crippen LogP contribution in [0.25, 0.3) is 0 Å². The van der Waals surface area contributed by atoms with Gasteiger partial charge in [-0.25, -0.2) is 0 Å². The number of rotatable bonds is 4. The molecule has 1 aliphatic rings. The van der Waals surface area contributed by atoms with Crippen molar-refractivity contribution in [2.45, 2.75) is 18.8 Å². The second-order valence-electron chi connectivity index (χ2n) is 6.70. The molecule has 0 aliphatic heterocycles. The summed E-state index contributed by atoms with van der Waals surface area (Å²) in [5, 5.41) is 20.5. The molecule has 3 aromatic carbocycles. The van der Waals surface area contributed by atoms with Crippen molar-refractivity contribution in [1.82, 2.24) is 0 Å². The van der Waals surface area contributed by atoms with Crippen molar-refractivity contribution in [3.8, 4) is 11.5 Å². The van der Waals surface area contributed by atoms with Gasteiger partial charge in [-0.3, -0.25) is 9.59 Å². The van der Waals surface area contributed by atoms with Crippen molar-refractivity contribution in [2.24, 2.45) is 0 Å². The van der Waals surface area contributed by atoms with Gasteiger partial charge in [0.1, 0.15) is 17.3 Å². The van der Waals surface area contributed by atoms with Gasteiger partial charge in [0.15, 0.2) is 0 Å². The number of benzene rings is 3. The lowest BCUT2D eigenvalue weighted by molar-refractivity contribution is -0.119. The Morgan fingerprint density at radius 2 is 1.33 bits per heavy atom. The van der Waals surface area contributed by atoms with Gasteiger partial charge in [0.2, 0.25) is 5.78 Å². The number of carbonyl (C=O) groups is 2. The summed E-state index contributed by atoms with van der Waals surface area (Å²) in [5.74, 6) is -1.54. The highest BCUT2D eigenvalue weighted by Gasteiger charge is 2.37. The molecule has 0 heterocycles. The smallest absolute Gasteiger partial charge is 0.201 e. The summed E-state index contributed by atoms with van der Waals surface area (Å²) in [5.41, 5.74) is 2.26. The maximum absolute atomic E-state index is 13.2. The van der Waals surface area contributed by atoms with E-state index in [0.29, 0.717) is 24.0 Å². The van der Waals surface area contributed by atoms with Crippen LogP contribution in [0.4, 0.5) is 0 Å². The lowest BCUT2D eigenvalue weighted by Crippen LogP contribution is -2.25. The van der Waals surface area contributed by atoms with E-state index in [9.17, 15) is 19.8 Å². The van der Waals surface area contributed by atoms with Gasteiger partial charge in [-0.15, -0.1) is 0 Å². The molecule has 134 valence electrons. The second kappa shape index (κ2) is 6.72. The largest absolute Gasteiger partial charge is 0.507 e. The molecule has 27 heavy (non-hydrogen) atoms. The fourth-order valence-electron chi connectivity index (χ4n) is 3.79. The number of phenols is 2. The van der Waals surface area contributed by atoms with Gasteiger partial charge in [-0.2, -0.15) is 0 Å². The zero-order chi connectivity index (χ0) is 19.0. The van der Waals surface area contributed by atoms with E-state index < -0.39 is 11.7 Å². The first-order valence-corrected chi connectivity index (χ1v) is 8.83. The Morgan fingerprint density at radius 1 is 0.778 bits per heavy atom. The summed E-state index contributed by atoms with van der Waals surface area (Å²) in [6.45, 7) is 0. The van der Waals surface area contributed by atoms with Gasteiger partial charge < -0.3 is 10.2 Å². The average molecular weight is 358 g/mol. The molecular formula is C23H18O4. The number of phenolic OH excluding ortho intramolecular Hbond substituents is 2. The summed E-state index contributed by atoms with van der Waals surface area (Å²) in [7, 11) is 0. The maximum atomic E-state index is 13.2. The molecule has 4 rings (SSSR count). The Balaban J connectivity index is 1.77. The van der Waals surface area contributed by atoms with Crippen LogP contribution in [0.1, 0.15) is 45.0 Å². The van der Waals surface area contributed by atoms with Crippen LogP contribution < -0.4 is 0 Å². The number of hydrogen-bond donors (Lipinski definition) is 2. The minimum atomic E-state index is -0.685. The fraction of sp³-hybridized carbons (Fsp3) is 0.130. The molecule has 0 bridgehead atoms. The summed E-state index contributed by atoms with van der Waals surface area (Å²) in [4.78, 5) is 26.0. The zero-order valence-corrected chi connectivity index (χ0v) is 14.6. The van der Waals surface area contributed by atoms with Crippen molar-refractivity contribution < 1.29 is 19.8 Å². The van der Waals surface area contributed by atoms with E-state index in [1.165, 1.54) is 12.1 Å². The first-order chi connectivity index (χ1) is 13.1. The molecule has 0 unspecified atom stereocenters. The van der Waals surface area contributed by atoms with Gasteiger partial charge in [-0.05, 0) is 35.2 Å². The average Bonchev–Trinajstić information content (AvgIpc) is 2.67. The maximum Gasteiger partial charge on any atom is 0.201 e. The summed E-state index contributed by atoms with van der Waals surface area (Å²) in [6.07, 6.45) is 0.888. The molecule has 0 amide bonds. The van der Waals surface area contributed by atoms with Gasteiger partial charge in [0, 0.05) is 6.42 Å². The van der Waals surface area contributed by atoms with Crippen LogP contribution in [0.5, 0.6) is 11.5 Å². The molecule has 0 saturated heterocycles. The van der Waals surface area contributed by atoms with E-state index in [1.807, 2.05) is 30.3 Å². The number of carbonyl (C=O) groups excluding carboxylic acids is 2. The third kappa shape index (κ3) is 2.89. The van der Waals surface area contributed by atoms with Crippen LogP contribution in [0.3, 0.4) is 0 Å². The first-order valence-electron chi connectivity index (χ1n) is 8.83. The van der Waals surface area contributed by atoms with Crippen LogP contribution in [0, 0.1) is 0 Å². The normalized spacial score (nSPS) is 13.1.